The topological polar surface area (TPSA) is 124 Å². The molecule has 0 heterocycles. The zero-order valence-corrected chi connectivity index (χ0v) is 9.70. The highest BCUT2D eigenvalue weighted by Gasteiger charge is 2.11. The molecule has 6 nitrogen and oxygen atoms in total. The van der Waals surface area contributed by atoms with Gasteiger partial charge in [0.1, 0.15) is 5.82 Å². The van der Waals surface area contributed by atoms with E-state index in [0.29, 0.717) is 13.0 Å². The van der Waals surface area contributed by atoms with Crippen LogP contribution in [0, 0.1) is 5.82 Å². The third kappa shape index (κ3) is 3.62. The lowest BCUT2D eigenvalue weighted by molar-refractivity contribution is -0.118. The molecule has 0 saturated heterocycles. The van der Waals surface area contributed by atoms with Crippen molar-refractivity contribution in [3.8, 4) is 0 Å². The molecule has 18 heavy (non-hydrogen) atoms. The molecule has 98 valence electrons. The van der Waals surface area contributed by atoms with Gasteiger partial charge in [-0.25, -0.2) is 4.39 Å². The van der Waals surface area contributed by atoms with Crippen LogP contribution in [0.2, 0.25) is 0 Å². The van der Waals surface area contributed by atoms with E-state index in [1.807, 2.05) is 0 Å². The number of hydrogen-bond donors (Lipinski definition) is 4. The van der Waals surface area contributed by atoms with Crippen molar-refractivity contribution in [1.82, 2.24) is 0 Å². The fourth-order valence-electron chi connectivity index (χ4n) is 1.42. The number of nitrogens with one attached hydrogen (secondary N) is 1. The molecule has 0 aliphatic rings. The molecule has 0 aliphatic heterocycles. The number of nitrogens with two attached hydrogens (primary N) is 3. The monoisotopic (exact) mass is 254 g/mol. The number of anilines is 2. The molecule has 2 amide bonds. The van der Waals surface area contributed by atoms with Crippen LogP contribution in [0.5, 0.6) is 0 Å². The molecule has 0 aliphatic carbocycles. The summed E-state index contributed by atoms with van der Waals surface area (Å²) in [4.78, 5) is 21.5. The maximum Gasteiger partial charge on any atom is 0.250 e. The number of primary amides is 2. The Kier molecular flexibility index (Phi) is 4.47. The summed E-state index contributed by atoms with van der Waals surface area (Å²) in [5.41, 5.74) is 15.7. The number of carbonyl (C=O) groups is 2. The zero-order valence-electron chi connectivity index (χ0n) is 9.70. The Morgan fingerprint density at radius 2 is 1.94 bits per heavy atom. The molecule has 1 rings (SSSR count). The maximum atomic E-state index is 13.5. The lowest BCUT2D eigenvalue weighted by Crippen LogP contribution is -2.16. The summed E-state index contributed by atoms with van der Waals surface area (Å²) in [7, 11) is 0. The third-order valence-electron chi connectivity index (χ3n) is 2.32. The minimum Gasteiger partial charge on any atom is -0.398 e. The van der Waals surface area contributed by atoms with Crippen LogP contribution in [0.1, 0.15) is 23.2 Å². The van der Waals surface area contributed by atoms with Gasteiger partial charge in [-0.15, -0.1) is 0 Å². The summed E-state index contributed by atoms with van der Waals surface area (Å²) >= 11 is 0. The molecule has 0 saturated carbocycles. The predicted octanol–water partition coefficient (Wildman–Crippen LogP) is 0.184. The van der Waals surface area contributed by atoms with Gasteiger partial charge in [0.05, 0.1) is 11.3 Å². The van der Waals surface area contributed by atoms with Gasteiger partial charge in [-0.3, -0.25) is 9.59 Å². The first-order valence-electron chi connectivity index (χ1n) is 5.33. The van der Waals surface area contributed by atoms with Crippen molar-refractivity contribution in [1.29, 1.82) is 0 Å². The molecular weight excluding hydrogens is 239 g/mol. The standard InChI is InChI=1S/C11H15FN4O2/c12-7-5-8(13)6(11(15)18)4-9(7)16-3-1-2-10(14)17/h4-5,16H,1-3,13H2,(H2,14,17)(H2,15,18). The summed E-state index contributed by atoms with van der Waals surface area (Å²) in [6.07, 6.45) is 0.664. The van der Waals surface area contributed by atoms with E-state index < -0.39 is 17.6 Å². The van der Waals surface area contributed by atoms with E-state index in [4.69, 9.17) is 17.2 Å². The Labute approximate surface area is 103 Å². The van der Waals surface area contributed by atoms with Gasteiger partial charge in [0.15, 0.2) is 0 Å². The number of amides is 2. The van der Waals surface area contributed by atoms with Crippen molar-refractivity contribution in [2.75, 3.05) is 17.6 Å². The van der Waals surface area contributed by atoms with Crippen molar-refractivity contribution in [2.45, 2.75) is 12.8 Å². The minimum atomic E-state index is -0.729. The Balaban J connectivity index is 2.73. The van der Waals surface area contributed by atoms with Crippen LogP contribution >= 0.6 is 0 Å². The lowest BCUT2D eigenvalue weighted by atomic mass is 10.1. The smallest absolute Gasteiger partial charge is 0.250 e. The lowest BCUT2D eigenvalue weighted by Gasteiger charge is -2.10. The van der Waals surface area contributed by atoms with Crippen molar-refractivity contribution < 1.29 is 14.0 Å². The van der Waals surface area contributed by atoms with Gasteiger partial charge in [0.25, 0.3) is 5.91 Å². The summed E-state index contributed by atoms with van der Waals surface area (Å²) in [5.74, 6) is -1.74. The van der Waals surface area contributed by atoms with Gasteiger partial charge >= 0.3 is 0 Å². The normalized spacial score (nSPS) is 10.1. The van der Waals surface area contributed by atoms with Crippen molar-refractivity contribution in [3.63, 3.8) is 0 Å². The van der Waals surface area contributed by atoms with Gasteiger partial charge in [-0.1, -0.05) is 0 Å². The molecule has 1 aromatic rings. The second-order valence-electron chi connectivity index (χ2n) is 3.78. The second-order valence-corrected chi connectivity index (χ2v) is 3.78. The SMILES string of the molecule is NC(=O)CCCNc1cc(C(N)=O)c(N)cc1F. The van der Waals surface area contributed by atoms with Crippen LogP contribution in [0.3, 0.4) is 0 Å². The van der Waals surface area contributed by atoms with Crippen LogP contribution in [-0.4, -0.2) is 18.4 Å². The van der Waals surface area contributed by atoms with Crippen LogP contribution in [-0.2, 0) is 4.79 Å². The molecule has 0 unspecified atom stereocenters. The maximum absolute atomic E-state index is 13.5. The van der Waals surface area contributed by atoms with E-state index in [0.717, 1.165) is 6.07 Å². The first kappa shape index (κ1) is 13.8. The predicted molar refractivity (Wildman–Crippen MR) is 66.2 cm³/mol. The largest absolute Gasteiger partial charge is 0.398 e. The van der Waals surface area contributed by atoms with Gasteiger partial charge in [-0.2, -0.15) is 0 Å². The Hall–Kier alpha value is -2.31. The average Bonchev–Trinajstić information content (AvgIpc) is 2.25. The van der Waals surface area contributed by atoms with Crippen molar-refractivity contribution in [2.24, 2.45) is 11.5 Å². The highest BCUT2D eigenvalue weighted by molar-refractivity contribution is 5.99. The molecule has 0 radical (unpaired) electrons. The van der Waals surface area contributed by atoms with E-state index in [-0.39, 0.29) is 23.4 Å². The number of hydrogen-bond acceptors (Lipinski definition) is 4. The minimum absolute atomic E-state index is 0.0114. The molecule has 0 atom stereocenters. The fraction of sp³-hybridized carbons (Fsp3) is 0.273. The molecule has 7 heteroatoms. The van der Waals surface area contributed by atoms with Crippen LogP contribution < -0.4 is 22.5 Å². The first-order chi connectivity index (χ1) is 8.41. The zero-order chi connectivity index (χ0) is 13.7. The highest BCUT2D eigenvalue weighted by Crippen LogP contribution is 2.21. The highest BCUT2D eigenvalue weighted by atomic mass is 19.1. The molecular formula is C11H15FN4O2. The van der Waals surface area contributed by atoms with E-state index >= 15 is 0 Å². The fourth-order valence-corrected chi connectivity index (χ4v) is 1.42. The average molecular weight is 254 g/mol. The van der Waals surface area contributed by atoms with E-state index in [9.17, 15) is 14.0 Å². The summed E-state index contributed by atoms with van der Waals surface area (Å²) in [6, 6.07) is 2.27. The number of rotatable bonds is 6. The van der Waals surface area contributed by atoms with Crippen LogP contribution in [0.25, 0.3) is 0 Å². The molecule has 0 fully saturated rings. The van der Waals surface area contributed by atoms with Crippen LogP contribution in [0.4, 0.5) is 15.8 Å². The summed E-state index contributed by atoms with van der Waals surface area (Å²) in [5, 5.41) is 2.74. The first-order valence-corrected chi connectivity index (χ1v) is 5.33. The van der Waals surface area contributed by atoms with Crippen molar-refractivity contribution >= 4 is 23.2 Å². The van der Waals surface area contributed by atoms with E-state index in [1.165, 1.54) is 6.07 Å². The Morgan fingerprint density at radius 3 is 2.50 bits per heavy atom. The van der Waals surface area contributed by atoms with Gasteiger partial charge < -0.3 is 22.5 Å². The van der Waals surface area contributed by atoms with Crippen molar-refractivity contribution in [3.05, 3.63) is 23.5 Å². The third-order valence-corrected chi connectivity index (χ3v) is 2.32. The van der Waals surface area contributed by atoms with Gasteiger partial charge in [0.2, 0.25) is 5.91 Å². The van der Waals surface area contributed by atoms with E-state index in [2.05, 4.69) is 5.32 Å². The molecule has 0 spiro atoms. The molecule has 1 aromatic carbocycles. The van der Waals surface area contributed by atoms with Gasteiger partial charge in [-0.05, 0) is 18.6 Å². The van der Waals surface area contributed by atoms with Gasteiger partial charge in [0, 0.05) is 18.7 Å². The number of nitrogen functional groups attached to an aromatic ring is 1. The molecule has 0 bridgehead atoms. The quantitative estimate of drug-likeness (QED) is 0.427. The summed E-state index contributed by atoms with van der Waals surface area (Å²) in [6.45, 7) is 0.349. The number of halogens is 1. The summed E-state index contributed by atoms with van der Waals surface area (Å²) < 4.78 is 13.5. The molecule has 0 aromatic heterocycles. The number of carbonyl (C=O) groups excluding carboxylic acids is 2. The number of benzene rings is 1. The van der Waals surface area contributed by atoms with Crippen LogP contribution in [0.15, 0.2) is 12.1 Å². The second kappa shape index (κ2) is 5.85. The Bertz CT molecular complexity index is 476. The van der Waals surface area contributed by atoms with E-state index in [1.54, 1.807) is 0 Å². The Morgan fingerprint density at radius 1 is 1.28 bits per heavy atom. The molecule has 7 N–H and O–H groups in total.